The third-order valence-corrected chi connectivity index (χ3v) is 0.595. The molecule has 1 rings (SSSR count). The largest absolute Gasteiger partial charge is 0.432 e. The van der Waals surface area contributed by atoms with Gasteiger partial charge in [0.25, 0.3) is 0 Å². The summed E-state index contributed by atoms with van der Waals surface area (Å²) in [6, 6.07) is 0. The zero-order chi connectivity index (χ0) is 3.54. The van der Waals surface area contributed by atoms with Crippen LogP contribution >= 0.6 is 0 Å². The Balaban J connectivity index is 2.32. The number of hydrogen-bond acceptors (Lipinski definition) is 1. The Morgan fingerprint density at radius 1 is 1.80 bits per heavy atom. The molecule has 1 heterocycles. The van der Waals surface area contributed by atoms with E-state index in [1.807, 2.05) is 12.1 Å². The molecule has 0 aromatic carbocycles. The Kier molecular flexibility index (Phi) is 0.754. The Morgan fingerprint density at radius 2 is 2.80 bits per heavy atom. The molecule has 0 radical (unpaired) electrons. The third-order valence-electron chi connectivity index (χ3n) is 0.595. The molecule has 0 atom stereocenters. The Bertz CT molecular complexity index is 44.9. The molecule has 26 valence electrons. The summed E-state index contributed by atoms with van der Waals surface area (Å²) < 4.78 is 4.83. The fraction of sp³-hybridized carbons (Fsp3) is 0.333. The van der Waals surface area contributed by atoms with E-state index in [-0.39, 0.29) is 0 Å². The van der Waals surface area contributed by atoms with Crippen molar-refractivity contribution in [3.63, 3.8) is 0 Å². The molecule has 0 saturated heterocycles. The monoisotopic (exact) mass is 68.0 g/mol. The van der Waals surface area contributed by atoms with Crippen LogP contribution in [0.2, 0.25) is 0 Å². The maximum atomic E-state index is 4.83. The van der Waals surface area contributed by atoms with Crippen LogP contribution in [-0.2, 0) is 4.65 Å². The molecule has 0 unspecified atom stereocenters. The molecule has 0 aromatic rings. The van der Waals surface area contributed by atoms with Crippen LogP contribution < -0.4 is 0 Å². The van der Waals surface area contributed by atoms with Crippen molar-refractivity contribution in [2.45, 2.75) is 0 Å². The first kappa shape index (κ1) is 2.97. The molecule has 0 amide bonds. The van der Waals surface area contributed by atoms with Crippen LogP contribution in [-0.4, -0.2) is 14.1 Å². The maximum absolute atomic E-state index is 4.83. The number of rotatable bonds is 0. The average molecular weight is 67.9 g/mol. The Morgan fingerprint density at radius 3 is 3.00 bits per heavy atom. The van der Waals surface area contributed by atoms with Crippen LogP contribution in [0.4, 0.5) is 0 Å². The van der Waals surface area contributed by atoms with Crippen molar-refractivity contribution in [2.75, 3.05) is 6.61 Å². The van der Waals surface area contributed by atoms with Gasteiger partial charge in [-0.1, -0.05) is 12.1 Å². The Hall–Kier alpha value is -0.235. The van der Waals surface area contributed by atoms with E-state index in [4.69, 9.17) is 4.65 Å². The highest BCUT2D eigenvalue weighted by Gasteiger charge is 1.87. The summed E-state index contributed by atoms with van der Waals surface area (Å²) in [5.74, 6) is 2.01. The van der Waals surface area contributed by atoms with Crippen molar-refractivity contribution in [3.8, 4) is 0 Å². The van der Waals surface area contributed by atoms with Gasteiger partial charge in [-0.25, -0.2) is 0 Å². The van der Waals surface area contributed by atoms with Crippen molar-refractivity contribution in [2.24, 2.45) is 0 Å². The Labute approximate surface area is 31.9 Å². The van der Waals surface area contributed by atoms with E-state index in [1.54, 1.807) is 0 Å². The lowest BCUT2D eigenvalue weighted by Crippen LogP contribution is -1.82. The second-order valence-electron chi connectivity index (χ2n) is 1.01. The minimum Gasteiger partial charge on any atom is -0.432 e. The maximum Gasteiger partial charge on any atom is 0.301 e. The van der Waals surface area contributed by atoms with E-state index in [0.717, 1.165) is 14.1 Å². The van der Waals surface area contributed by atoms with E-state index in [1.165, 1.54) is 0 Å². The van der Waals surface area contributed by atoms with E-state index in [0.29, 0.717) is 0 Å². The first-order valence-corrected chi connectivity index (χ1v) is 1.73. The minimum absolute atomic E-state index is 0.819. The number of hydrogen-bond donors (Lipinski definition) is 0. The topological polar surface area (TPSA) is 9.23 Å². The van der Waals surface area contributed by atoms with Gasteiger partial charge in [-0.2, -0.15) is 0 Å². The highest BCUT2D eigenvalue weighted by atomic mass is 16.4. The molecule has 1 nitrogen and oxygen atoms in total. The van der Waals surface area contributed by atoms with Crippen molar-refractivity contribution in [3.05, 3.63) is 12.1 Å². The van der Waals surface area contributed by atoms with Gasteiger partial charge in [0.2, 0.25) is 0 Å². The summed E-state index contributed by atoms with van der Waals surface area (Å²) in [6.45, 7) is 0.819. The van der Waals surface area contributed by atoms with Crippen LogP contribution in [0.15, 0.2) is 12.1 Å². The third kappa shape index (κ3) is 0.517. The lowest BCUT2D eigenvalue weighted by Gasteiger charge is -1.76. The van der Waals surface area contributed by atoms with Crippen LogP contribution in [0.5, 0.6) is 0 Å². The first-order chi connectivity index (χ1) is 2.50. The van der Waals surface area contributed by atoms with E-state index < -0.39 is 0 Å². The van der Waals surface area contributed by atoms with Gasteiger partial charge in [0.15, 0.2) is 0 Å². The van der Waals surface area contributed by atoms with Crippen molar-refractivity contribution >= 4 is 7.48 Å². The van der Waals surface area contributed by atoms with Gasteiger partial charge >= 0.3 is 7.48 Å². The first-order valence-electron chi connectivity index (χ1n) is 1.73. The zero-order valence-corrected chi connectivity index (χ0v) is 2.98. The second-order valence-corrected chi connectivity index (χ2v) is 1.01. The summed E-state index contributed by atoms with van der Waals surface area (Å²) in [5, 5.41) is 0. The fourth-order valence-corrected chi connectivity index (χ4v) is 0.340. The van der Waals surface area contributed by atoms with Gasteiger partial charge in [0, 0.05) is 6.61 Å². The molecule has 0 bridgehead atoms. The molecule has 0 fully saturated rings. The molecule has 2 heteroatoms. The predicted octanol–water partition coefficient (Wildman–Crippen LogP) is -0.118. The van der Waals surface area contributed by atoms with Gasteiger partial charge in [0.1, 0.15) is 0 Å². The van der Waals surface area contributed by atoms with Gasteiger partial charge < -0.3 is 4.65 Å². The molecular weight excluding hydrogens is 62.8 g/mol. The van der Waals surface area contributed by atoms with Crippen molar-refractivity contribution in [1.29, 1.82) is 0 Å². The highest BCUT2D eigenvalue weighted by Crippen LogP contribution is 1.82. The fourth-order valence-electron chi connectivity index (χ4n) is 0.340. The summed E-state index contributed by atoms with van der Waals surface area (Å²) >= 11 is 0. The van der Waals surface area contributed by atoms with Crippen LogP contribution in [0.3, 0.4) is 0 Å². The van der Waals surface area contributed by atoms with Gasteiger partial charge in [-0.15, -0.1) is 0 Å². The zero-order valence-electron chi connectivity index (χ0n) is 2.98. The average Bonchev–Trinajstić information content (AvgIpc) is 1.76. The summed E-state index contributed by atoms with van der Waals surface area (Å²) in [7, 11) is 0.819. The van der Waals surface area contributed by atoms with Crippen molar-refractivity contribution in [1.82, 2.24) is 0 Å². The summed E-state index contributed by atoms with van der Waals surface area (Å²) in [5.41, 5.74) is 0. The van der Waals surface area contributed by atoms with Gasteiger partial charge in [-0.05, 0) is 0 Å². The van der Waals surface area contributed by atoms with E-state index in [2.05, 4.69) is 0 Å². The molecule has 5 heavy (non-hydrogen) atoms. The summed E-state index contributed by atoms with van der Waals surface area (Å²) in [6.07, 6.45) is 2.01. The van der Waals surface area contributed by atoms with Gasteiger partial charge in [-0.3, -0.25) is 0 Å². The molecular formula is C3H5BO. The predicted molar refractivity (Wildman–Crippen MR) is 22.2 cm³/mol. The molecule has 1 aliphatic rings. The SMILES string of the molecule is B1C=CCO1. The smallest absolute Gasteiger partial charge is 0.301 e. The van der Waals surface area contributed by atoms with Crippen LogP contribution in [0.25, 0.3) is 0 Å². The second kappa shape index (κ2) is 1.27. The molecule has 0 aromatic heterocycles. The lowest BCUT2D eigenvalue weighted by molar-refractivity contribution is 0.403. The molecule has 0 aliphatic carbocycles. The quantitative estimate of drug-likeness (QED) is 0.359. The molecule has 0 N–H and O–H groups in total. The highest BCUT2D eigenvalue weighted by molar-refractivity contribution is 6.35. The van der Waals surface area contributed by atoms with E-state index >= 15 is 0 Å². The van der Waals surface area contributed by atoms with Crippen LogP contribution in [0.1, 0.15) is 0 Å². The lowest BCUT2D eigenvalue weighted by atomic mass is 10.1. The molecule has 0 spiro atoms. The summed E-state index contributed by atoms with van der Waals surface area (Å²) in [4.78, 5) is 0. The van der Waals surface area contributed by atoms with E-state index in [9.17, 15) is 0 Å². The van der Waals surface area contributed by atoms with Crippen LogP contribution in [0, 0.1) is 0 Å². The van der Waals surface area contributed by atoms with Gasteiger partial charge in [0.05, 0.1) is 0 Å². The van der Waals surface area contributed by atoms with Crippen molar-refractivity contribution < 1.29 is 4.65 Å². The minimum atomic E-state index is 0.819. The standard InChI is InChI=1S/C3H5BO/c1-2-4-5-3-1/h1-2,4H,3H2. The molecule has 0 saturated carbocycles. The normalized spacial score (nSPS) is 19.2. The molecule has 1 aliphatic heterocycles.